The van der Waals surface area contributed by atoms with Crippen LogP contribution in [-0.2, 0) is 0 Å². The Hall–Kier alpha value is -1.82. The van der Waals surface area contributed by atoms with E-state index in [2.05, 4.69) is 5.29 Å². The van der Waals surface area contributed by atoms with Gasteiger partial charge in [-0.25, -0.2) is 0 Å². The molecule has 0 unspecified atom stereocenters. The van der Waals surface area contributed by atoms with Crippen molar-refractivity contribution in [3.05, 3.63) is 28.7 Å². The highest BCUT2D eigenvalue weighted by Gasteiger charge is 2.12. The third-order valence-corrected chi connectivity index (χ3v) is 1.96. The third kappa shape index (κ3) is 2.81. The first-order valence-electron chi connectivity index (χ1n) is 4.29. The second kappa shape index (κ2) is 4.61. The summed E-state index contributed by atoms with van der Waals surface area (Å²) in [5.74, 6) is -0.568. The van der Waals surface area contributed by atoms with Gasteiger partial charge < -0.3 is 15.3 Å². The van der Waals surface area contributed by atoms with Gasteiger partial charge in [-0.1, -0.05) is 6.07 Å². The van der Waals surface area contributed by atoms with Gasteiger partial charge in [-0.3, -0.25) is 5.01 Å². The van der Waals surface area contributed by atoms with Gasteiger partial charge in [0.25, 0.3) is 0 Å². The molecule has 1 aromatic carbocycles. The monoisotopic (exact) mass is 212 g/mol. The van der Waals surface area contributed by atoms with Crippen LogP contribution in [0.5, 0.6) is 11.5 Å². The Morgan fingerprint density at radius 3 is 2.60 bits per heavy atom. The SMILES string of the molecule is CN(C[C@@H](O)c1ccc(O)c(O)c1)N=O. The van der Waals surface area contributed by atoms with Gasteiger partial charge in [-0.05, 0) is 17.7 Å². The molecule has 1 rings (SSSR count). The maximum atomic E-state index is 10.1. The summed E-state index contributed by atoms with van der Waals surface area (Å²) < 4.78 is 0. The highest BCUT2D eigenvalue weighted by atomic mass is 16.3. The molecule has 0 spiro atoms. The van der Waals surface area contributed by atoms with Crippen molar-refractivity contribution in [1.82, 2.24) is 5.01 Å². The lowest BCUT2D eigenvalue weighted by atomic mass is 10.1. The predicted molar refractivity (Wildman–Crippen MR) is 53.2 cm³/mol. The summed E-state index contributed by atoms with van der Waals surface area (Å²) in [6.45, 7) is 0.0215. The molecule has 6 heteroatoms. The lowest BCUT2D eigenvalue weighted by molar-refractivity contribution is 0.127. The number of phenols is 2. The Morgan fingerprint density at radius 1 is 1.40 bits per heavy atom. The van der Waals surface area contributed by atoms with Crippen molar-refractivity contribution in [2.45, 2.75) is 6.10 Å². The molecule has 0 aliphatic carbocycles. The van der Waals surface area contributed by atoms with E-state index in [-0.39, 0.29) is 18.0 Å². The van der Waals surface area contributed by atoms with Gasteiger partial charge in [0.15, 0.2) is 11.5 Å². The number of nitroso groups, excluding NO2 is 1. The zero-order chi connectivity index (χ0) is 11.4. The molecule has 0 heterocycles. The second-order valence-electron chi connectivity index (χ2n) is 3.19. The smallest absolute Gasteiger partial charge is 0.157 e. The highest BCUT2D eigenvalue weighted by Crippen LogP contribution is 2.27. The summed E-state index contributed by atoms with van der Waals surface area (Å²) in [6.07, 6.45) is -0.945. The van der Waals surface area contributed by atoms with E-state index < -0.39 is 6.10 Å². The van der Waals surface area contributed by atoms with Crippen LogP contribution in [0.15, 0.2) is 23.5 Å². The van der Waals surface area contributed by atoms with E-state index in [1.54, 1.807) is 0 Å². The Morgan fingerprint density at radius 2 is 2.07 bits per heavy atom. The number of nitrogens with zero attached hydrogens (tertiary/aromatic N) is 2. The van der Waals surface area contributed by atoms with Crippen LogP contribution in [0.2, 0.25) is 0 Å². The van der Waals surface area contributed by atoms with Crippen LogP contribution in [0.4, 0.5) is 0 Å². The molecule has 0 radical (unpaired) electrons. The molecule has 0 saturated heterocycles. The number of hydrogen-bond acceptors (Lipinski definition) is 5. The van der Waals surface area contributed by atoms with Gasteiger partial charge in [-0.15, -0.1) is 4.91 Å². The van der Waals surface area contributed by atoms with Crippen LogP contribution in [-0.4, -0.2) is 33.9 Å². The number of phenolic OH excluding ortho intramolecular Hbond substituents is 2. The third-order valence-electron chi connectivity index (χ3n) is 1.96. The van der Waals surface area contributed by atoms with Gasteiger partial charge >= 0.3 is 0 Å². The van der Waals surface area contributed by atoms with Crippen molar-refractivity contribution in [3.8, 4) is 11.5 Å². The first-order valence-corrected chi connectivity index (χ1v) is 4.29. The molecule has 3 N–H and O–H groups in total. The Balaban J connectivity index is 2.77. The Kier molecular flexibility index (Phi) is 3.46. The van der Waals surface area contributed by atoms with Crippen molar-refractivity contribution >= 4 is 0 Å². The molecule has 82 valence electrons. The number of likely N-dealkylation sites (N-methyl/N-ethyl adjacent to an activating group) is 1. The number of aliphatic hydroxyl groups excluding tert-OH is 1. The number of hydrogen-bond donors (Lipinski definition) is 3. The molecule has 0 aliphatic rings. The zero-order valence-electron chi connectivity index (χ0n) is 8.16. The van der Waals surface area contributed by atoms with Crippen molar-refractivity contribution in [1.29, 1.82) is 0 Å². The summed E-state index contributed by atoms with van der Waals surface area (Å²) in [6, 6.07) is 3.96. The van der Waals surface area contributed by atoms with Crippen LogP contribution >= 0.6 is 0 Å². The zero-order valence-corrected chi connectivity index (χ0v) is 8.16. The average Bonchev–Trinajstić information content (AvgIpc) is 2.21. The summed E-state index contributed by atoms with van der Waals surface area (Å²) in [5, 5.41) is 31.5. The van der Waals surface area contributed by atoms with Crippen molar-refractivity contribution in [3.63, 3.8) is 0 Å². The van der Waals surface area contributed by atoms with Gasteiger partial charge in [-0.2, -0.15) is 0 Å². The van der Waals surface area contributed by atoms with E-state index in [0.717, 1.165) is 5.01 Å². The molecule has 0 bridgehead atoms. The second-order valence-corrected chi connectivity index (χ2v) is 3.19. The van der Waals surface area contributed by atoms with Crippen LogP contribution in [0.3, 0.4) is 0 Å². The van der Waals surface area contributed by atoms with Crippen molar-refractivity contribution in [2.24, 2.45) is 5.29 Å². The van der Waals surface area contributed by atoms with Crippen LogP contribution < -0.4 is 0 Å². The molecule has 15 heavy (non-hydrogen) atoms. The van der Waals surface area contributed by atoms with Crippen LogP contribution in [0.25, 0.3) is 0 Å². The fraction of sp³-hybridized carbons (Fsp3) is 0.333. The Labute approximate surface area is 86.3 Å². The van der Waals surface area contributed by atoms with Gasteiger partial charge in [0.05, 0.1) is 17.9 Å². The molecule has 6 nitrogen and oxygen atoms in total. The molecule has 0 saturated carbocycles. The fourth-order valence-electron chi connectivity index (χ4n) is 1.14. The fourth-order valence-corrected chi connectivity index (χ4v) is 1.14. The van der Waals surface area contributed by atoms with Gasteiger partial charge in [0.1, 0.15) is 0 Å². The van der Waals surface area contributed by atoms with Gasteiger partial charge in [0.2, 0.25) is 0 Å². The Bertz CT molecular complexity index is 356. The topological polar surface area (TPSA) is 93.4 Å². The molecule has 0 fully saturated rings. The number of aliphatic hydroxyl groups is 1. The molecular weight excluding hydrogens is 200 g/mol. The summed E-state index contributed by atoms with van der Waals surface area (Å²) in [5.41, 5.74) is 0.404. The van der Waals surface area contributed by atoms with Crippen molar-refractivity contribution < 1.29 is 15.3 Å². The molecule has 0 aromatic heterocycles. The first-order chi connectivity index (χ1) is 7.04. The minimum absolute atomic E-state index is 0.0215. The summed E-state index contributed by atoms with van der Waals surface area (Å²) >= 11 is 0. The van der Waals surface area contributed by atoms with E-state index in [4.69, 9.17) is 5.11 Å². The molecule has 1 aromatic rings. The molecule has 0 amide bonds. The quantitative estimate of drug-likeness (QED) is 0.389. The summed E-state index contributed by atoms with van der Waals surface area (Å²) in [7, 11) is 1.43. The van der Waals surface area contributed by atoms with Crippen molar-refractivity contribution in [2.75, 3.05) is 13.6 Å². The van der Waals surface area contributed by atoms with E-state index in [9.17, 15) is 15.1 Å². The standard InChI is InChI=1S/C9H12N2O4/c1-11(10-15)5-9(14)6-2-3-7(12)8(13)4-6/h2-4,9,12-14H,5H2,1H3/t9-/m1/s1. The summed E-state index contributed by atoms with van der Waals surface area (Å²) in [4.78, 5) is 10.1. The lowest BCUT2D eigenvalue weighted by Crippen LogP contribution is -2.18. The van der Waals surface area contributed by atoms with Gasteiger partial charge in [0, 0.05) is 7.05 Å². The lowest BCUT2D eigenvalue weighted by Gasteiger charge is -2.15. The molecular formula is C9H12N2O4. The minimum atomic E-state index is -0.945. The van der Waals surface area contributed by atoms with E-state index in [1.165, 1.54) is 25.2 Å². The molecule has 0 aliphatic heterocycles. The average molecular weight is 212 g/mol. The number of benzene rings is 1. The normalized spacial score (nSPS) is 12.1. The highest BCUT2D eigenvalue weighted by molar-refractivity contribution is 5.41. The number of aromatic hydroxyl groups is 2. The van der Waals surface area contributed by atoms with E-state index in [0.29, 0.717) is 5.56 Å². The molecule has 1 atom stereocenters. The van der Waals surface area contributed by atoms with E-state index in [1.807, 2.05) is 0 Å². The van der Waals surface area contributed by atoms with E-state index >= 15 is 0 Å². The minimum Gasteiger partial charge on any atom is -0.504 e. The number of rotatable bonds is 4. The van der Waals surface area contributed by atoms with Crippen LogP contribution in [0.1, 0.15) is 11.7 Å². The largest absolute Gasteiger partial charge is 0.504 e. The maximum Gasteiger partial charge on any atom is 0.157 e. The first kappa shape index (κ1) is 11.3. The van der Waals surface area contributed by atoms with Crippen LogP contribution in [0, 0.1) is 4.91 Å². The maximum absolute atomic E-state index is 10.1. The predicted octanol–water partition coefficient (Wildman–Crippen LogP) is 0.744.